The Morgan fingerprint density at radius 3 is 2.92 bits per heavy atom. The summed E-state index contributed by atoms with van der Waals surface area (Å²) in [6, 6.07) is 5.89. The minimum absolute atomic E-state index is 0.0195. The maximum atomic E-state index is 12.1. The van der Waals surface area contributed by atoms with Crippen molar-refractivity contribution >= 4 is 22.6 Å². The van der Waals surface area contributed by atoms with Gasteiger partial charge in [-0.15, -0.1) is 0 Å². The first-order chi connectivity index (χ1) is 12.1. The lowest BCUT2D eigenvalue weighted by molar-refractivity contribution is -0.116. The number of hydrogen-bond acceptors (Lipinski definition) is 5. The molecule has 1 N–H and O–H groups in total. The first kappa shape index (κ1) is 15.8. The Morgan fingerprint density at radius 1 is 1.36 bits per heavy atom. The highest BCUT2D eigenvalue weighted by molar-refractivity contribution is 5.93. The first-order valence-electron chi connectivity index (χ1n) is 8.65. The second kappa shape index (κ2) is 6.31. The zero-order valence-corrected chi connectivity index (χ0v) is 14.5. The highest BCUT2D eigenvalue weighted by Crippen LogP contribution is 2.40. The van der Waals surface area contributed by atoms with Crippen LogP contribution in [0.25, 0.3) is 11.0 Å². The van der Waals surface area contributed by atoms with Crippen molar-refractivity contribution in [3.8, 4) is 0 Å². The molecule has 1 aliphatic rings. The number of fused-ring (bicyclic) bond motifs is 1. The molecule has 2 heterocycles. The molecule has 0 spiro atoms. The summed E-state index contributed by atoms with van der Waals surface area (Å²) in [5, 5.41) is 6.69. The third kappa shape index (κ3) is 3.40. The number of amides is 1. The largest absolute Gasteiger partial charge is 0.339 e. The van der Waals surface area contributed by atoms with Crippen molar-refractivity contribution in [3.05, 3.63) is 35.7 Å². The molecule has 0 bridgehead atoms. The van der Waals surface area contributed by atoms with E-state index in [0.717, 1.165) is 22.5 Å². The molecule has 0 aliphatic heterocycles. The van der Waals surface area contributed by atoms with Gasteiger partial charge in [0.1, 0.15) is 5.82 Å². The Balaban J connectivity index is 1.37. The molecule has 4 rings (SSSR count). The predicted molar refractivity (Wildman–Crippen MR) is 93.3 cm³/mol. The molecular weight excluding hydrogens is 318 g/mol. The number of hydrogen-bond donors (Lipinski definition) is 1. The Morgan fingerprint density at radius 2 is 2.20 bits per heavy atom. The smallest absolute Gasteiger partial charge is 0.226 e. The van der Waals surface area contributed by atoms with Gasteiger partial charge in [-0.2, -0.15) is 4.98 Å². The third-order valence-electron chi connectivity index (χ3n) is 4.51. The lowest BCUT2D eigenvalue weighted by Crippen LogP contribution is -2.11. The van der Waals surface area contributed by atoms with Gasteiger partial charge in [0, 0.05) is 31.5 Å². The highest BCUT2D eigenvalue weighted by atomic mass is 16.5. The van der Waals surface area contributed by atoms with Gasteiger partial charge in [0.15, 0.2) is 5.82 Å². The molecule has 7 nitrogen and oxygen atoms in total. The van der Waals surface area contributed by atoms with Crippen LogP contribution in [0.5, 0.6) is 0 Å². The minimum Gasteiger partial charge on any atom is -0.339 e. The normalized spacial score (nSPS) is 14.2. The van der Waals surface area contributed by atoms with Crippen molar-refractivity contribution < 1.29 is 9.32 Å². The fourth-order valence-corrected chi connectivity index (χ4v) is 3.07. The van der Waals surface area contributed by atoms with Crippen molar-refractivity contribution in [2.24, 2.45) is 7.05 Å². The molecule has 0 saturated heterocycles. The molecule has 25 heavy (non-hydrogen) atoms. The van der Waals surface area contributed by atoms with Crippen LogP contribution in [-0.2, 0) is 18.3 Å². The van der Waals surface area contributed by atoms with Crippen molar-refractivity contribution in [2.45, 2.75) is 44.9 Å². The van der Waals surface area contributed by atoms with E-state index >= 15 is 0 Å². The molecule has 0 unspecified atom stereocenters. The summed E-state index contributed by atoms with van der Waals surface area (Å²) in [6.07, 6.45) is 4.14. The number of anilines is 1. The van der Waals surface area contributed by atoms with E-state index in [1.807, 2.05) is 18.2 Å². The van der Waals surface area contributed by atoms with Gasteiger partial charge in [0.2, 0.25) is 11.8 Å². The van der Waals surface area contributed by atoms with Crippen LogP contribution >= 0.6 is 0 Å². The topological polar surface area (TPSA) is 85.8 Å². The van der Waals surface area contributed by atoms with E-state index in [-0.39, 0.29) is 5.91 Å². The van der Waals surface area contributed by atoms with Gasteiger partial charge < -0.3 is 14.4 Å². The SMILES string of the molecule is Cc1noc(CCCC(=O)Nc2ccc3c(c2)nc(C2CC2)n3C)n1. The monoisotopic (exact) mass is 339 g/mol. The molecule has 1 saturated carbocycles. The second-order valence-corrected chi connectivity index (χ2v) is 6.64. The van der Waals surface area contributed by atoms with Gasteiger partial charge in [0.05, 0.1) is 11.0 Å². The Hall–Kier alpha value is -2.70. The van der Waals surface area contributed by atoms with Gasteiger partial charge in [0.25, 0.3) is 0 Å². The van der Waals surface area contributed by atoms with E-state index in [2.05, 4.69) is 27.1 Å². The van der Waals surface area contributed by atoms with Crippen LogP contribution in [0, 0.1) is 6.92 Å². The van der Waals surface area contributed by atoms with Gasteiger partial charge in [-0.25, -0.2) is 4.98 Å². The zero-order chi connectivity index (χ0) is 17.4. The number of nitrogens with zero attached hydrogens (tertiary/aromatic N) is 4. The van der Waals surface area contributed by atoms with Crippen molar-refractivity contribution in [2.75, 3.05) is 5.32 Å². The van der Waals surface area contributed by atoms with E-state index in [0.29, 0.717) is 36.9 Å². The number of rotatable bonds is 6. The van der Waals surface area contributed by atoms with Gasteiger partial charge in [-0.3, -0.25) is 4.79 Å². The molecule has 1 aromatic carbocycles. The molecule has 0 atom stereocenters. The van der Waals surface area contributed by atoms with E-state index < -0.39 is 0 Å². The molecule has 0 radical (unpaired) electrons. The van der Waals surface area contributed by atoms with E-state index in [4.69, 9.17) is 9.51 Å². The summed E-state index contributed by atoms with van der Waals surface area (Å²) in [6.45, 7) is 1.78. The third-order valence-corrected chi connectivity index (χ3v) is 4.51. The predicted octanol–water partition coefficient (Wildman–Crippen LogP) is 3.10. The Bertz CT molecular complexity index is 923. The zero-order valence-electron chi connectivity index (χ0n) is 14.5. The molecule has 1 fully saturated rings. The molecule has 1 amide bonds. The van der Waals surface area contributed by atoms with E-state index in [9.17, 15) is 4.79 Å². The summed E-state index contributed by atoms with van der Waals surface area (Å²) < 4.78 is 7.20. The fourth-order valence-electron chi connectivity index (χ4n) is 3.07. The lowest BCUT2D eigenvalue weighted by atomic mass is 10.2. The average Bonchev–Trinajstić information content (AvgIpc) is 3.26. The number of carbonyl (C=O) groups is 1. The first-order valence-corrected chi connectivity index (χ1v) is 8.65. The summed E-state index contributed by atoms with van der Waals surface area (Å²) in [5.74, 6) is 2.92. The van der Waals surface area contributed by atoms with E-state index in [1.165, 1.54) is 12.8 Å². The van der Waals surface area contributed by atoms with Crippen LogP contribution in [0.1, 0.15) is 49.1 Å². The number of aryl methyl sites for hydroxylation is 3. The molecule has 3 aromatic rings. The highest BCUT2D eigenvalue weighted by Gasteiger charge is 2.28. The van der Waals surface area contributed by atoms with E-state index in [1.54, 1.807) is 6.92 Å². The van der Waals surface area contributed by atoms with Crippen LogP contribution in [0.2, 0.25) is 0 Å². The maximum Gasteiger partial charge on any atom is 0.226 e. The molecule has 1 aliphatic carbocycles. The van der Waals surface area contributed by atoms with Gasteiger partial charge in [-0.05, 0) is 44.4 Å². The Labute approximate surface area is 145 Å². The van der Waals surface area contributed by atoms with Crippen LogP contribution < -0.4 is 5.32 Å². The summed E-state index contributed by atoms with van der Waals surface area (Å²) in [4.78, 5) is 21.0. The summed E-state index contributed by atoms with van der Waals surface area (Å²) >= 11 is 0. The standard InChI is InChI=1S/C18H21N5O2/c1-11-19-17(25-22-11)5-3-4-16(24)20-13-8-9-15-14(10-13)21-18(23(15)2)12-6-7-12/h8-10,12H,3-7H2,1-2H3,(H,20,24). The van der Waals surface area contributed by atoms with Crippen LogP contribution in [0.3, 0.4) is 0 Å². The molecule has 2 aromatic heterocycles. The molecule has 7 heteroatoms. The minimum atomic E-state index is -0.0195. The van der Waals surface area contributed by atoms with Crippen molar-refractivity contribution in [1.82, 2.24) is 19.7 Å². The quantitative estimate of drug-likeness (QED) is 0.746. The Kier molecular flexibility index (Phi) is 3.99. The van der Waals surface area contributed by atoms with Crippen molar-refractivity contribution in [3.63, 3.8) is 0 Å². The van der Waals surface area contributed by atoms with Crippen LogP contribution in [-0.4, -0.2) is 25.6 Å². The summed E-state index contributed by atoms with van der Waals surface area (Å²) in [5.41, 5.74) is 2.82. The van der Waals surface area contributed by atoms with Crippen LogP contribution in [0.4, 0.5) is 5.69 Å². The van der Waals surface area contributed by atoms with Gasteiger partial charge >= 0.3 is 0 Å². The average molecular weight is 339 g/mol. The molecule has 130 valence electrons. The second-order valence-electron chi connectivity index (χ2n) is 6.64. The maximum absolute atomic E-state index is 12.1. The number of carbonyl (C=O) groups excluding carboxylic acids is 1. The number of imidazole rings is 1. The van der Waals surface area contributed by atoms with Crippen molar-refractivity contribution in [1.29, 1.82) is 0 Å². The number of aromatic nitrogens is 4. The van der Waals surface area contributed by atoms with Crippen LogP contribution in [0.15, 0.2) is 22.7 Å². The molecular formula is C18H21N5O2. The lowest BCUT2D eigenvalue weighted by Gasteiger charge is -2.05. The number of nitrogens with one attached hydrogen (secondary N) is 1. The van der Waals surface area contributed by atoms with Gasteiger partial charge in [-0.1, -0.05) is 5.16 Å². The fraction of sp³-hybridized carbons (Fsp3) is 0.444. The number of benzene rings is 1. The summed E-state index contributed by atoms with van der Waals surface area (Å²) in [7, 11) is 2.06.